The van der Waals surface area contributed by atoms with Crippen LogP contribution in [0.4, 0.5) is 0 Å². The quantitative estimate of drug-likeness (QED) is 0.723. The van der Waals surface area contributed by atoms with Crippen LogP contribution in [0.3, 0.4) is 0 Å². The Bertz CT molecular complexity index is 1060. The van der Waals surface area contributed by atoms with Crippen LogP contribution >= 0.6 is 0 Å². The molecule has 1 aromatic heterocycles. The van der Waals surface area contributed by atoms with Crippen molar-refractivity contribution in [3.63, 3.8) is 0 Å². The Hall–Kier alpha value is -2.45. The predicted molar refractivity (Wildman–Crippen MR) is 118 cm³/mol. The Morgan fingerprint density at radius 3 is 2.52 bits per heavy atom. The molecule has 2 atom stereocenters. The Kier molecular flexibility index (Phi) is 5.44. The maximum Gasteiger partial charge on any atom is 0.329 e. The van der Waals surface area contributed by atoms with Gasteiger partial charge in [-0.05, 0) is 75.4 Å². The lowest BCUT2D eigenvalue weighted by Gasteiger charge is -2.39. The van der Waals surface area contributed by atoms with Crippen molar-refractivity contribution >= 4 is 22.8 Å². The van der Waals surface area contributed by atoms with Gasteiger partial charge in [-0.15, -0.1) is 0 Å². The van der Waals surface area contributed by atoms with Crippen LogP contribution < -0.4 is 16.3 Å². The van der Waals surface area contributed by atoms with E-state index in [1.807, 2.05) is 6.07 Å². The molecular weight excluding hydrogens is 394 g/mol. The number of nitrogens with zero attached hydrogens (tertiary/aromatic N) is 3. The van der Waals surface area contributed by atoms with E-state index in [0.717, 1.165) is 50.1 Å². The fourth-order valence-corrected chi connectivity index (χ4v) is 5.61. The van der Waals surface area contributed by atoms with Gasteiger partial charge in [0, 0.05) is 26.1 Å². The van der Waals surface area contributed by atoms with Gasteiger partial charge in [-0.1, -0.05) is 6.07 Å². The Morgan fingerprint density at radius 2 is 1.81 bits per heavy atom. The molecule has 166 valence electrons. The van der Waals surface area contributed by atoms with Gasteiger partial charge < -0.3 is 5.32 Å². The first-order chi connectivity index (χ1) is 15.0. The predicted octanol–water partition coefficient (Wildman–Crippen LogP) is 1.25. The van der Waals surface area contributed by atoms with E-state index in [-0.39, 0.29) is 23.9 Å². The fourth-order valence-electron chi connectivity index (χ4n) is 5.61. The Labute approximate surface area is 181 Å². The second-order valence-corrected chi connectivity index (χ2v) is 9.24. The summed E-state index contributed by atoms with van der Waals surface area (Å²) in [5, 5.41) is 5.89. The highest BCUT2D eigenvalue weighted by Crippen LogP contribution is 2.32. The second-order valence-electron chi connectivity index (χ2n) is 9.24. The van der Waals surface area contributed by atoms with Crippen LogP contribution in [-0.4, -0.2) is 58.1 Å². The SMILES string of the molecule is Cn1c(=O)n(C2CCC(=O)NC2=O)c2ccc(C3CCN(C4CCCNC4)CC3)cc21. The van der Waals surface area contributed by atoms with Gasteiger partial charge in [-0.25, -0.2) is 4.79 Å². The molecule has 0 spiro atoms. The van der Waals surface area contributed by atoms with Crippen molar-refractivity contribution in [1.29, 1.82) is 0 Å². The highest BCUT2D eigenvalue weighted by Gasteiger charge is 2.32. The van der Waals surface area contributed by atoms with E-state index in [4.69, 9.17) is 0 Å². The molecule has 3 aliphatic rings. The number of fused-ring (bicyclic) bond motifs is 1. The zero-order valence-electron chi connectivity index (χ0n) is 18.1. The minimum atomic E-state index is -0.632. The van der Waals surface area contributed by atoms with E-state index in [1.165, 1.54) is 18.4 Å². The number of aryl methyl sites for hydroxylation is 1. The number of benzene rings is 1. The number of carbonyl (C=O) groups is 2. The average molecular weight is 426 g/mol. The number of carbonyl (C=O) groups excluding carboxylic acids is 2. The molecule has 3 fully saturated rings. The molecule has 0 bridgehead atoms. The fraction of sp³-hybridized carbons (Fsp3) is 0.609. The van der Waals surface area contributed by atoms with E-state index in [9.17, 15) is 14.4 Å². The summed E-state index contributed by atoms with van der Waals surface area (Å²) >= 11 is 0. The summed E-state index contributed by atoms with van der Waals surface area (Å²) in [6, 6.07) is 6.26. The van der Waals surface area contributed by atoms with E-state index in [2.05, 4.69) is 27.7 Å². The number of imide groups is 1. The number of aromatic nitrogens is 2. The van der Waals surface area contributed by atoms with Gasteiger partial charge in [0.05, 0.1) is 11.0 Å². The molecule has 8 nitrogen and oxygen atoms in total. The van der Waals surface area contributed by atoms with Crippen molar-refractivity contribution < 1.29 is 9.59 Å². The number of rotatable bonds is 3. The van der Waals surface area contributed by atoms with Crippen LogP contribution in [0.15, 0.2) is 23.0 Å². The first kappa shape index (κ1) is 20.5. The number of nitrogens with one attached hydrogen (secondary N) is 2. The first-order valence-electron chi connectivity index (χ1n) is 11.5. The van der Waals surface area contributed by atoms with Crippen LogP contribution in [0.5, 0.6) is 0 Å². The molecule has 0 saturated carbocycles. The normalized spacial score (nSPS) is 26.4. The van der Waals surface area contributed by atoms with E-state index >= 15 is 0 Å². The zero-order chi connectivity index (χ0) is 21.5. The Morgan fingerprint density at radius 1 is 1.00 bits per heavy atom. The molecule has 2 aromatic rings. The van der Waals surface area contributed by atoms with Gasteiger partial charge in [0.1, 0.15) is 6.04 Å². The lowest BCUT2D eigenvalue weighted by Crippen LogP contribution is -2.48. The maximum absolute atomic E-state index is 13.0. The third-order valence-corrected chi connectivity index (χ3v) is 7.42. The molecule has 3 saturated heterocycles. The van der Waals surface area contributed by atoms with Crippen molar-refractivity contribution in [2.24, 2.45) is 7.05 Å². The Balaban J connectivity index is 1.37. The zero-order valence-corrected chi connectivity index (χ0v) is 18.1. The number of piperidine rings is 3. The van der Waals surface area contributed by atoms with Crippen molar-refractivity contribution in [1.82, 2.24) is 24.7 Å². The largest absolute Gasteiger partial charge is 0.329 e. The summed E-state index contributed by atoms with van der Waals surface area (Å²) < 4.78 is 3.19. The highest BCUT2D eigenvalue weighted by atomic mass is 16.2. The van der Waals surface area contributed by atoms with Crippen molar-refractivity contribution in [2.45, 2.75) is 56.5 Å². The topological polar surface area (TPSA) is 88.4 Å². The molecular formula is C23H31N5O3. The number of hydrogen-bond donors (Lipinski definition) is 2. The number of imidazole rings is 1. The average Bonchev–Trinajstić information content (AvgIpc) is 3.04. The lowest BCUT2D eigenvalue weighted by molar-refractivity contribution is -0.135. The standard InChI is InChI=1S/C23H31N5O3/c1-26-20-13-16(15-8-11-27(12-9-15)17-3-2-10-24-14-17)4-5-18(20)28(23(26)31)19-6-7-21(29)25-22(19)30/h4-5,13,15,17,19,24H,2-3,6-12,14H2,1H3,(H,25,29,30). The molecule has 4 heterocycles. The smallest absolute Gasteiger partial charge is 0.315 e. The second kappa shape index (κ2) is 8.24. The monoisotopic (exact) mass is 425 g/mol. The van der Waals surface area contributed by atoms with Gasteiger partial charge in [-0.3, -0.25) is 28.9 Å². The molecule has 2 amide bonds. The van der Waals surface area contributed by atoms with Crippen LogP contribution in [-0.2, 0) is 16.6 Å². The minimum Gasteiger partial charge on any atom is -0.315 e. The highest BCUT2D eigenvalue weighted by molar-refractivity contribution is 6.00. The molecule has 3 aliphatic heterocycles. The van der Waals surface area contributed by atoms with Gasteiger partial charge in [-0.2, -0.15) is 0 Å². The summed E-state index contributed by atoms with van der Waals surface area (Å²) in [6.07, 6.45) is 5.43. The summed E-state index contributed by atoms with van der Waals surface area (Å²) in [5.41, 5.74) is 2.67. The van der Waals surface area contributed by atoms with E-state index < -0.39 is 6.04 Å². The molecule has 1 aromatic carbocycles. The molecule has 0 aliphatic carbocycles. The lowest BCUT2D eigenvalue weighted by atomic mass is 9.88. The molecule has 2 N–H and O–H groups in total. The molecule has 8 heteroatoms. The third-order valence-electron chi connectivity index (χ3n) is 7.42. The third kappa shape index (κ3) is 3.72. The van der Waals surface area contributed by atoms with Gasteiger partial charge in [0.25, 0.3) is 0 Å². The molecule has 0 radical (unpaired) electrons. The van der Waals surface area contributed by atoms with Crippen LogP contribution in [0, 0.1) is 0 Å². The number of likely N-dealkylation sites (tertiary alicyclic amines) is 1. The summed E-state index contributed by atoms with van der Waals surface area (Å²) in [7, 11) is 1.76. The minimum absolute atomic E-state index is 0.207. The van der Waals surface area contributed by atoms with Crippen LogP contribution in [0.1, 0.15) is 56.0 Å². The van der Waals surface area contributed by atoms with Gasteiger partial charge >= 0.3 is 5.69 Å². The number of amides is 2. The molecule has 5 rings (SSSR count). The van der Waals surface area contributed by atoms with Gasteiger partial charge in [0.2, 0.25) is 11.8 Å². The maximum atomic E-state index is 13.0. The van der Waals surface area contributed by atoms with Crippen molar-refractivity contribution in [2.75, 3.05) is 26.2 Å². The van der Waals surface area contributed by atoms with Crippen LogP contribution in [0.2, 0.25) is 0 Å². The van der Waals surface area contributed by atoms with Crippen molar-refractivity contribution in [3.05, 3.63) is 34.2 Å². The summed E-state index contributed by atoms with van der Waals surface area (Å²) in [6.45, 7) is 4.48. The first-order valence-corrected chi connectivity index (χ1v) is 11.5. The van der Waals surface area contributed by atoms with E-state index in [0.29, 0.717) is 18.4 Å². The van der Waals surface area contributed by atoms with Crippen molar-refractivity contribution in [3.8, 4) is 0 Å². The van der Waals surface area contributed by atoms with E-state index in [1.54, 1.807) is 16.2 Å². The summed E-state index contributed by atoms with van der Waals surface area (Å²) in [5.74, 6) is -0.169. The van der Waals surface area contributed by atoms with Crippen LogP contribution in [0.25, 0.3) is 11.0 Å². The number of hydrogen-bond acceptors (Lipinski definition) is 5. The summed E-state index contributed by atoms with van der Waals surface area (Å²) in [4.78, 5) is 39.5. The molecule has 2 unspecified atom stereocenters. The molecule has 31 heavy (non-hydrogen) atoms. The van der Waals surface area contributed by atoms with Gasteiger partial charge in [0.15, 0.2) is 0 Å².